The predicted molar refractivity (Wildman–Crippen MR) is 87.0 cm³/mol. The molecule has 0 bridgehead atoms. The van der Waals surface area contributed by atoms with Crippen molar-refractivity contribution in [3.8, 4) is 5.75 Å². The summed E-state index contributed by atoms with van der Waals surface area (Å²) in [4.78, 5) is 0. The Labute approximate surface area is 140 Å². The molecular weight excluding hydrogens is 316 g/mol. The van der Waals surface area contributed by atoms with E-state index in [1.54, 1.807) is 57.0 Å². The standard InChI is InChI=1S/C17H23F2N3O2/c1-11-5-13(6-12(2)15(11)24-16(18)19)7-20-10-17(3,23)14-8-21-22(4)9-14/h5-6,8-9,16,20,23H,7,10H2,1-4H3. The Morgan fingerprint density at radius 1 is 1.33 bits per heavy atom. The Hall–Kier alpha value is -1.99. The molecule has 0 aliphatic heterocycles. The third kappa shape index (κ3) is 4.52. The number of rotatable bonds is 7. The van der Waals surface area contributed by atoms with Gasteiger partial charge in [-0.25, -0.2) is 0 Å². The average molecular weight is 339 g/mol. The van der Waals surface area contributed by atoms with Crippen molar-refractivity contribution in [2.75, 3.05) is 6.54 Å². The normalized spacial score (nSPS) is 14.0. The van der Waals surface area contributed by atoms with Gasteiger partial charge in [0.1, 0.15) is 11.4 Å². The molecule has 0 spiro atoms. The molecule has 0 aliphatic carbocycles. The van der Waals surface area contributed by atoms with Crippen LogP contribution in [-0.4, -0.2) is 28.0 Å². The number of ether oxygens (including phenoxy) is 1. The van der Waals surface area contributed by atoms with Crippen molar-refractivity contribution in [3.63, 3.8) is 0 Å². The van der Waals surface area contributed by atoms with Gasteiger partial charge in [-0.15, -0.1) is 0 Å². The van der Waals surface area contributed by atoms with Gasteiger partial charge < -0.3 is 15.2 Å². The van der Waals surface area contributed by atoms with Crippen molar-refractivity contribution in [2.45, 2.75) is 39.5 Å². The number of hydrogen-bond donors (Lipinski definition) is 2. The van der Waals surface area contributed by atoms with Crippen LogP contribution in [0.5, 0.6) is 5.75 Å². The molecule has 1 aromatic heterocycles. The van der Waals surface area contributed by atoms with E-state index in [0.29, 0.717) is 24.2 Å². The fraction of sp³-hybridized carbons (Fsp3) is 0.471. The number of alkyl halides is 2. The van der Waals surface area contributed by atoms with Crippen LogP contribution < -0.4 is 10.1 Å². The number of halogens is 2. The number of aromatic nitrogens is 2. The van der Waals surface area contributed by atoms with Crippen molar-refractivity contribution in [2.24, 2.45) is 7.05 Å². The molecule has 0 saturated carbocycles. The molecule has 0 amide bonds. The maximum absolute atomic E-state index is 12.4. The second kappa shape index (κ2) is 7.27. The average Bonchev–Trinajstić information content (AvgIpc) is 2.90. The van der Waals surface area contributed by atoms with Crippen molar-refractivity contribution < 1.29 is 18.6 Å². The number of aliphatic hydroxyl groups is 1. The summed E-state index contributed by atoms with van der Waals surface area (Å²) in [5.74, 6) is 0.219. The molecule has 2 aromatic rings. The third-order valence-corrected chi connectivity index (χ3v) is 3.85. The number of aryl methyl sites for hydroxylation is 3. The third-order valence-electron chi connectivity index (χ3n) is 3.85. The van der Waals surface area contributed by atoms with Crippen LogP contribution in [0.4, 0.5) is 8.78 Å². The maximum atomic E-state index is 12.4. The van der Waals surface area contributed by atoms with Crippen LogP contribution in [0.2, 0.25) is 0 Å². The lowest BCUT2D eigenvalue weighted by Gasteiger charge is -2.22. The zero-order valence-electron chi connectivity index (χ0n) is 14.3. The van der Waals surface area contributed by atoms with Crippen molar-refractivity contribution in [1.82, 2.24) is 15.1 Å². The van der Waals surface area contributed by atoms with E-state index >= 15 is 0 Å². The fourth-order valence-electron chi connectivity index (χ4n) is 2.67. The molecule has 1 heterocycles. The summed E-state index contributed by atoms with van der Waals surface area (Å²) in [6.07, 6.45) is 3.40. The van der Waals surface area contributed by atoms with Crippen LogP contribution in [0, 0.1) is 13.8 Å². The summed E-state index contributed by atoms with van der Waals surface area (Å²) in [5, 5.41) is 17.8. The van der Waals surface area contributed by atoms with Crippen LogP contribution in [-0.2, 0) is 19.2 Å². The molecule has 0 saturated heterocycles. The van der Waals surface area contributed by atoms with Gasteiger partial charge >= 0.3 is 6.61 Å². The smallest absolute Gasteiger partial charge is 0.387 e. The lowest BCUT2D eigenvalue weighted by Crippen LogP contribution is -2.34. The minimum Gasteiger partial charge on any atom is -0.434 e. The Morgan fingerprint density at radius 2 is 1.96 bits per heavy atom. The van der Waals surface area contributed by atoms with Crippen molar-refractivity contribution in [1.29, 1.82) is 0 Å². The Bertz CT molecular complexity index is 676. The predicted octanol–water partition coefficient (Wildman–Crippen LogP) is 2.64. The number of nitrogens with zero attached hydrogens (tertiary/aromatic N) is 2. The highest BCUT2D eigenvalue weighted by atomic mass is 19.3. The molecule has 1 unspecified atom stereocenters. The van der Waals surface area contributed by atoms with Crippen LogP contribution in [0.3, 0.4) is 0 Å². The van der Waals surface area contributed by atoms with E-state index in [1.807, 2.05) is 0 Å². The zero-order chi connectivity index (χ0) is 17.9. The Morgan fingerprint density at radius 3 is 2.46 bits per heavy atom. The van der Waals surface area contributed by atoms with E-state index < -0.39 is 12.2 Å². The topological polar surface area (TPSA) is 59.3 Å². The lowest BCUT2D eigenvalue weighted by molar-refractivity contribution is -0.0507. The quantitative estimate of drug-likeness (QED) is 0.814. The molecule has 2 N–H and O–H groups in total. The number of benzene rings is 1. The molecule has 1 aromatic carbocycles. The van der Waals surface area contributed by atoms with Gasteiger partial charge in [0.05, 0.1) is 6.20 Å². The van der Waals surface area contributed by atoms with Crippen LogP contribution in [0.15, 0.2) is 24.5 Å². The first-order valence-corrected chi connectivity index (χ1v) is 7.66. The van der Waals surface area contributed by atoms with Gasteiger partial charge in [-0.3, -0.25) is 4.68 Å². The molecule has 5 nitrogen and oxygen atoms in total. The van der Waals surface area contributed by atoms with Crippen LogP contribution in [0.1, 0.15) is 29.2 Å². The first kappa shape index (κ1) is 18.4. The van der Waals surface area contributed by atoms with Gasteiger partial charge in [-0.2, -0.15) is 13.9 Å². The molecule has 24 heavy (non-hydrogen) atoms. The molecule has 0 radical (unpaired) electrons. The van der Waals surface area contributed by atoms with E-state index in [-0.39, 0.29) is 5.75 Å². The zero-order valence-corrected chi connectivity index (χ0v) is 14.3. The summed E-state index contributed by atoms with van der Waals surface area (Å²) in [6.45, 7) is 3.20. The van der Waals surface area contributed by atoms with E-state index in [4.69, 9.17) is 0 Å². The van der Waals surface area contributed by atoms with Gasteiger partial charge in [-0.05, 0) is 37.5 Å². The van der Waals surface area contributed by atoms with E-state index in [0.717, 1.165) is 11.1 Å². The molecule has 2 rings (SSSR count). The first-order chi connectivity index (χ1) is 11.2. The number of hydrogen-bond acceptors (Lipinski definition) is 4. The highest BCUT2D eigenvalue weighted by Gasteiger charge is 2.24. The van der Waals surface area contributed by atoms with E-state index in [2.05, 4.69) is 15.2 Å². The second-order valence-electron chi connectivity index (χ2n) is 6.22. The molecule has 132 valence electrons. The van der Waals surface area contributed by atoms with E-state index in [9.17, 15) is 13.9 Å². The first-order valence-electron chi connectivity index (χ1n) is 7.66. The number of nitrogens with one attached hydrogen (secondary N) is 1. The largest absolute Gasteiger partial charge is 0.434 e. The van der Waals surface area contributed by atoms with Crippen LogP contribution >= 0.6 is 0 Å². The summed E-state index contributed by atoms with van der Waals surface area (Å²) < 4.78 is 31.0. The molecular formula is C17H23F2N3O2. The van der Waals surface area contributed by atoms with Crippen LogP contribution in [0.25, 0.3) is 0 Å². The highest BCUT2D eigenvalue weighted by Crippen LogP contribution is 2.26. The Kier molecular flexibility index (Phi) is 5.56. The summed E-state index contributed by atoms with van der Waals surface area (Å²) in [6, 6.07) is 3.60. The molecule has 7 heteroatoms. The van der Waals surface area contributed by atoms with E-state index in [1.165, 1.54) is 0 Å². The molecule has 0 aliphatic rings. The summed E-state index contributed by atoms with van der Waals surface area (Å²) in [5.41, 5.74) is 1.94. The summed E-state index contributed by atoms with van der Waals surface area (Å²) >= 11 is 0. The van der Waals surface area contributed by atoms with Gasteiger partial charge in [0.2, 0.25) is 0 Å². The van der Waals surface area contributed by atoms with Crippen molar-refractivity contribution >= 4 is 0 Å². The minimum atomic E-state index is -2.83. The fourth-order valence-corrected chi connectivity index (χ4v) is 2.67. The monoisotopic (exact) mass is 339 g/mol. The lowest BCUT2D eigenvalue weighted by atomic mass is 9.99. The van der Waals surface area contributed by atoms with Gasteiger partial charge in [0.25, 0.3) is 0 Å². The van der Waals surface area contributed by atoms with Crippen molar-refractivity contribution in [3.05, 3.63) is 46.8 Å². The minimum absolute atomic E-state index is 0.219. The van der Waals surface area contributed by atoms with Gasteiger partial charge in [-0.1, -0.05) is 12.1 Å². The molecule has 1 atom stereocenters. The summed E-state index contributed by atoms with van der Waals surface area (Å²) in [7, 11) is 1.79. The van der Waals surface area contributed by atoms with Gasteiger partial charge in [0.15, 0.2) is 0 Å². The molecule has 0 fully saturated rings. The Balaban J connectivity index is 1.99. The SMILES string of the molecule is Cc1cc(CNCC(C)(O)c2cnn(C)c2)cc(C)c1OC(F)F. The second-order valence-corrected chi connectivity index (χ2v) is 6.22. The van der Waals surface area contributed by atoms with Gasteiger partial charge in [0, 0.05) is 31.9 Å². The highest BCUT2D eigenvalue weighted by molar-refractivity contribution is 5.43. The maximum Gasteiger partial charge on any atom is 0.387 e.